The second-order valence-electron chi connectivity index (χ2n) is 3.25. The Kier molecular flexibility index (Phi) is 4.35. The molecule has 0 atom stereocenters. The van der Waals surface area contributed by atoms with Crippen LogP contribution in [0.5, 0.6) is 0 Å². The van der Waals surface area contributed by atoms with Crippen LogP contribution in [0, 0.1) is 0 Å². The molecule has 0 aliphatic rings. The average Bonchev–Trinajstić information content (AvgIpc) is 2.27. The zero-order valence-electron chi connectivity index (χ0n) is 8.60. The third kappa shape index (κ3) is 3.27. The molecular weight excluding hydrogens is 196 g/mol. The Morgan fingerprint density at radius 2 is 1.86 bits per heavy atom. The molecule has 14 heavy (non-hydrogen) atoms. The summed E-state index contributed by atoms with van der Waals surface area (Å²) in [5.41, 5.74) is -0.579. The number of hydrogen-bond acceptors (Lipinski definition) is 4. The smallest absolute Gasteiger partial charge is 0.187 e. The van der Waals surface area contributed by atoms with E-state index < -0.39 is 5.60 Å². The fraction of sp³-hybridized carbons (Fsp3) is 0.600. The van der Waals surface area contributed by atoms with Gasteiger partial charge in [0.15, 0.2) is 5.16 Å². The van der Waals surface area contributed by atoms with Crippen molar-refractivity contribution in [2.24, 2.45) is 0 Å². The van der Waals surface area contributed by atoms with Crippen molar-refractivity contribution < 1.29 is 5.11 Å². The first-order chi connectivity index (χ1) is 6.70. The molecule has 0 saturated carbocycles. The third-order valence-electron chi connectivity index (χ3n) is 2.33. The van der Waals surface area contributed by atoms with Gasteiger partial charge in [-0.3, -0.25) is 0 Å². The number of rotatable bonds is 5. The Morgan fingerprint density at radius 3 is 2.36 bits per heavy atom. The first-order valence-corrected chi connectivity index (χ1v) is 5.81. The van der Waals surface area contributed by atoms with Gasteiger partial charge in [-0.2, -0.15) is 0 Å². The predicted octanol–water partition coefficient (Wildman–Crippen LogP) is 2.12. The average molecular weight is 212 g/mol. The van der Waals surface area contributed by atoms with Crippen LogP contribution < -0.4 is 0 Å². The standard InChI is InChI=1S/C10H16N2OS/c1-3-10(13,4-2)8-14-9-11-6-5-7-12-9/h5-7,13H,3-4,8H2,1-2H3. The van der Waals surface area contributed by atoms with E-state index in [0.29, 0.717) is 5.75 Å². The number of nitrogens with zero attached hydrogens (tertiary/aromatic N) is 2. The summed E-state index contributed by atoms with van der Waals surface area (Å²) in [6, 6.07) is 1.79. The molecule has 0 spiro atoms. The highest BCUT2D eigenvalue weighted by molar-refractivity contribution is 7.99. The molecule has 0 radical (unpaired) electrons. The van der Waals surface area contributed by atoms with Crippen molar-refractivity contribution >= 4 is 11.8 Å². The first kappa shape index (κ1) is 11.5. The molecule has 0 aliphatic carbocycles. The van der Waals surface area contributed by atoms with Crippen LogP contribution in [0.1, 0.15) is 26.7 Å². The second-order valence-corrected chi connectivity index (χ2v) is 4.19. The molecule has 0 aromatic carbocycles. The zero-order valence-corrected chi connectivity index (χ0v) is 9.42. The highest BCUT2D eigenvalue weighted by atomic mass is 32.2. The fourth-order valence-electron chi connectivity index (χ4n) is 1.01. The van der Waals surface area contributed by atoms with Crippen molar-refractivity contribution in [3.8, 4) is 0 Å². The van der Waals surface area contributed by atoms with Crippen LogP contribution in [0.3, 0.4) is 0 Å². The molecule has 78 valence electrons. The van der Waals surface area contributed by atoms with Crippen LogP contribution in [0.2, 0.25) is 0 Å². The van der Waals surface area contributed by atoms with Gasteiger partial charge in [-0.25, -0.2) is 9.97 Å². The maximum Gasteiger partial charge on any atom is 0.187 e. The van der Waals surface area contributed by atoms with Crippen LogP contribution in [-0.2, 0) is 0 Å². The van der Waals surface area contributed by atoms with E-state index in [1.807, 2.05) is 13.8 Å². The lowest BCUT2D eigenvalue weighted by atomic mass is 10.0. The summed E-state index contributed by atoms with van der Waals surface area (Å²) in [6.45, 7) is 3.99. The van der Waals surface area contributed by atoms with Gasteiger partial charge >= 0.3 is 0 Å². The van der Waals surface area contributed by atoms with Crippen LogP contribution in [-0.4, -0.2) is 26.4 Å². The number of hydrogen-bond donors (Lipinski definition) is 1. The summed E-state index contributed by atoms with van der Waals surface area (Å²) >= 11 is 1.50. The van der Waals surface area contributed by atoms with E-state index in [4.69, 9.17) is 0 Å². The van der Waals surface area contributed by atoms with E-state index in [2.05, 4.69) is 9.97 Å². The van der Waals surface area contributed by atoms with Crippen LogP contribution >= 0.6 is 11.8 Å². The van der Waals surface area contributed by atoms with E-state index in [1.54, 1.807) is 18.5 Å². The summed E-state index contributed by atoms with van der Waals surface area (Å²) in [7, 11) is 0. The van der Waals surface area contributed by atoms with Gasteiger partial charge in [0.1, 0.15) is 0 Å². The summed E-state index contributed by atoms with van der Waals surface area (Å²) in [4.78, 5) is 8.18. The lowest BCUT2D eigenvalue weighted by Crippen LogP contribution is -2.29. The monoisotopic (exact) mass is 212 g/mol. The van der Waals surface area contributed by atoms with E-state index in [9.17, 15) is 5.11 Å². The maximum atomic E-state index is 10.0. The van der Waals surface area contributed by atoms with Gasteiger partial charge < -0.3 is 5.11 Å². The molecule has 1 rings (SSSR count). The quantitative estimate of drug-likeness (QED) is 0.600. The summed E-state index contributed by atoms with van der Waals surface area (Å²) in [5.74, 6) is 0.657. The molecule has 1 heterocycles. The summed E-state index contributed by atoms with van der Waals surface area (Å²) in [6.07, 6.45) is 4.96. The minimum absolute atomic E-state index is 0.579. The van der Waals surface area contributed by atoms with Gasteiger partial charge in [0.2, 0.25) is 0 Å². The molecule has 1 aromatic rings. The Labute approximate surface area is 89.0 Å². The van der Waals surface area contributed by atoms with E-state index in [1.165, 1.54) is 11.8 Å². The van der Waals surface area contributed by atoms with Crippen LogP contribution in [0.25, 0.3) is 0 Å². The molecule has 0 bridgehead atoms. The van der Waals surface area contributed by atoms with Crippen molar-refractivity contribution in [1.29, 1.82) is 0 Å². The molecule has 0 aliphatic heterocycles. The first-order valence-electron chi connectivity index (χ1n) is 4.82. The van der Waals surface area contributed by atoms with Gasteiger partial charge in [0.05, 0.1) is 5.60 Å². The molecule has 3 nitrogen and oxygen atoms in total. The van der Waals surface area contributed by atoms with E-state index in [-0.39, 0.29) is 0 Å². The zero-order chi connectivity index (χ0) is 10.4. The van der Waals surface area contributed by atoms with Gasteiger partial charge in [0, 0.05) is 18.1 Å². The molecule has 0 saturated heterocycles. The molecule has 0 fully saturated rings. The van der Waals surface area contributed by atoms with Crippen molar-refractivity contribution in [1.82, 2.24) is 9.97 Å². The fourth-order valence-corrected chi connectivity index (χ4v) is 2.09. The molecule has 1 aromatic heterocycles. The van der Waals surface area contributed by atoms with Gasteiger partial charge in [-0.05, 0) is 18.9 Å². The predicted molar refractivity (Wildman–Crippen MR) is 58.3 cm³/mol. The molecule has 0 unspecified atom stereocenters. The molecule has 1 N–H and O–H groups in total. The SMILES string of the molecule is CCC(O)(CC)CSc1ncccn1. The van der Waals surface area contributed by atoms with E-state index in [0.717, 1.165) is 18.0 Å². The second kappa shape index (κ2) is 5.32. The largest absolute Gasteiger partial charge is 0.389 e. The normalized spacial score (nSPS) is 11.6. The van der Waals surface area contributed by atoms with Crippen molar-refractivity contribution in [2.45, 2.75) is 37.4 Å². The minimum atomic E-state index is -0.579. The maximum absolute atomic E-state index is 10.0. The van der Waals surface area contributed by atoms with Crippen molar-refractivity contribution in [2.75, 3.05) is 5.75 Å². The number of aromatic nitrogens is 2. The van der Waals surface area contributed by atoms with Crippen molar-refractivity contribution in [3.05, 3.63) is 18.5 Å². The van der Waals surface area contributed by atoms with E-state index >= 15 is 0 Å². The van der Waals surface area contributed by atoms with Gasteiger partial charge in [-0.1, -0.05) is 25.6 Å². The Morgan fingerprint density at radius 1 is 1.29 bits per heavy atom. The molecular formula is C10H16N2OS. The topological polar surface area (TPSA) is 46.0 Å². The lowest BCUT2D eigenvalue weighted by molar-refractivity contribution is 0.0571. The van der Waals surface area contributed by atoms with Crippen LogP contribution in [0.4, 0.5) is 0 Å². The van der Waals surface area contributed by atoms with Gasteiger partial charge in [0.25, 0.3) is 0 Å². The number of thioether (sulfide) groups is 1. The van der Waals surface area contributed by atoms with Crippen LogP contribution in [0.15, 0.2) is 23.6 Å². The minimum Gasteiger partial charge on any atom is -0.389 e. The summed E-state index contributed by atoms with van der Waals surface area (Å²) in [5, 5.41) is 10.7. The Balaban J connectivity index is 2.48. The van der Waals surface area contributed by atoms with Crippen molar-refractivity contribution in [3.63, 3.8) is 0 Å². The summed E-state index contributed by atoms with van der Waals surface area (Å²) < 4.78 is 0. The Bertz CT molecular complexity index is 262. The van der Waals surface area contributed by atoms with Gasteiger partial charge in [-0.15, -0.1) is 0 Å². The third-order valence-corrected chi connectivity index (χ3v) is 3.48. The molecule has 4 heteroatoms. The lowest BCUT2D eigenvalue weighted by Gasteiger charge is -2.23. The Hall–Kier alpha value is -0.610. The highest BCUT2D eigenvalue weighted by Gasteiger charge is 2.22. The highest BCUT2D eigenvalue weighted by Crippen LogP contribution is 2.23. The number of aliphatic hydroxyl groups is 1. The molecule has 0 amide bonds.